The number of aromatic nitrogens is 2. The summed E-state index contributed by atoms with van der Waals surface area (Å²) in [5.41, 5.74) is 1.54. The highest BCUT2D eigenvalue weighted by molar-refractivity contribution is 5.83. The van der Waals surface area contributed by atoms with Crippen LogP contribution in [0.1, 0.15) is 38.1 Å². The summed E-state index contributed by atoms with van der Waals surface area (Å²) in [5, 5.41) is 14.8. The van der Waals surface area contributed by atoms with E-state index in [1.165, 1.54) is 12.1 Å². The number of rotatable bonds is 7. The van der Waals surface area contributed by atoms with Gasteiger partial charge in [0.2, 0.25) is 17.6 Å². The van der Waals surface area contributed by atoms with Crippen LogP contribution in [0.25, 0.3) is 11.4 Å². The Morgan fingerprint density at radius 3 is 2.34 bits per heavy atom. The molecule has 0 aliphatic rings. The zero-order valence-corrected chi connectivity index (χ0v) is 16.5. The van der Waals surface area contributed by atoms with Crippen molar-refractivity contribution in [3.05, 3.63) is 76.2 Å². The standard InChI is InChI=1S/C21H22N4O4/c1-14(2)24(13-19-22-20(23-29-19)17-7-5-4-6-8-17)21(26)15(3)16-9-11-18(12-10-16)25(27)28/h4-12,14-15H,13H2,1-3H3/t15-/m1/s1. The number of benzene rings is 2. The Morgan fingerprint density at radius 2 is 1.76 bits per heavy atom. The fourth-order valence-electron chi connectivity index (χ4n) is 2.96. The van der Waals surface area contributed by atoms with Crippen molar-refractivity contribution in [2.75, 3.05) is 0 Å². The summed E-state index contributed by atoms with van der Waals surface area (Å²) in [6.07, 6.45) is 0. The van der Waals surface area contributed by atoms with Crippen LogP contribution in [-0.4, -0.2) is 31.9 Å². The third kappa shape index (κ3) is 4.66. The molecule has 0 spiro atoms. The number of nitro benzene ring substituents is 1. The first-order valence-corrected chi connectivity index (χ1v) is 9.29. The van der Waals surface area contributed by atoms with Crippen LogP contribution in [0.15, 0.2) is 59.1 Å². The van der Waals surface area contributed by atoms with Gasteiger partial charge in [-0.1, -0.05) is 47.6 Å². The molecule has 0 unspecified atom stereocenters. The van der Waals surface area contributed by atoms with Crippen molar-refractivity contribution in [2.45, 2.75) is 39.3 Å². The number of nitrogens with zero attached hydrogens (tertiary/aromatic N) is 4. The third-order valence-electron chi connectivity index (χ3n) is 4.69. The Hall–Kier alpha value is -3.55. The van der Waals surface area contributed by atoms with E-state index in [1.807, 2.05) is 44.2 Å². The number of nitro groups is 1. The van der Waals surface area contributed by atoms with E-state index in [9.17, 15) is 14.9 Å². The van der Waals surface area contributed by atoms with Crippen molar-refractivity contribution in [1.29, 1.82) is 0 Å². The molecule has 0 radical (unpaired) electrons. The summed E-state index contributed by atoms with van der Waals surface area (Å²) < 4.78 is 5.35. The Kier molecular flexibility index (Phi) is 6.01. The Morgan fingerprint density at radius 1 is 1.10 bits per heavy atom. The van der Waals surface area contributed by atoms with Crippen LogP contribution >= 0.6 is 0 Å². The first-order chi connectivity index (χ1) is 13.9. The van der Waals surface area contributed by atoms with Crippen molar-refractivity contribution in [1.82, 2.24) is 15.0 Å². The Bertz CT molecular complexity index is 983. The minimum atomic E-state index is -0.463. The highest BCUT2D eigenvalue weighted by Crippen LogP contribution is 2.23. The van der Waals surface area contributed by atoms with E-state index in [2.05, 4.69) is 10.1 Å². The van der Waals surface area contributed by atoms with E-state index < -0.39 is 10.8 Å². The summed E-state index contributed by atoms with van der Waals surface area (Å²) in [6.45, 7) is 5.79. The molecule has 29 heavy (non-hydrogen) atoms. The van der Waals surface area contributed by atoms with Gasteiger partial charge in [-0.05, 0) is 26.3 Å². The second-order valence-electron chi connectivity index (χ2n) is 7.01. The molecule has 0 aliphatic heterocycles. The van der Waals surface area contributed by atoms with Crippen LogP contribution in [0.5, 0.6) is 0 Å². The van der Waals surface area contributed by atoms with Gasteiger partial charge < -0.3 is 9.42 Å². The van der Waals surface area contributed by atoms with Crippen molar-refractivity contribution >= 4 is 11.6 Å². The molecule has 1 atom stereocenters. The molecule has 0 bridgehead atoms. The maximum atomic E-state index is 13.1. The maximum absolute atomic E-state index is 13.1. The normalized spacial score (nSPS) is 12.0. The lowest BCUT2D eigenvalue weighted by Crippen LogP contribution is -2.39. The van der Waals surface area contributed by atoms with Gasteiger partial charge in [-0.2, -0.15) is 4.98 Å². The molecule has 1 amide bonds. The number of non-ortho nitro benzene ring substituents is 1. The fourth-order valence-corrected chi connectivity index (χ4v) is 2.96. The van der Waals surface area contributed by atoms with Crippen molar-refractivity contribution in [3.8, 4) is 11.4 Å². The van der Waals surface area contributed by atoms with Crippen molar-refractivity contribution in [2.24, 2.45) is 0 Å². The van der Waals surface area contributed by atoms with E-state index in [1.54, 1.807) is 24.0 Å². The predicted molar refractivity (Wildman–Crippen MR) is 107 cm³/mol. The van der Waals surface area contributed by atoms with Gasteiger partial charge in [0, 0.05) is 23.7 Å². The van der Waals surface area contributed by atoms with Crippen LogP contribution in [-0.2, 0) is 11.3 Å². The van der Waals surface area contributed by atoms with Crippen molar-refractivity contribution < 1.29 is 14.2 Å². The highest BCUT2D eigenvalue weighted by atomic mass is 16.6. The largest absolute Gasteiger partial charge is 0.337 e. The van der Waals surface area contributed by atoms with Gasteiger partial charge in [0.1, 0.15) is 6.54 Å². The van der Waals surface area contributed by atoms with Gasteiger partial charge in [0.25, 0.3) is 5.69 Å². The third-order valence-corrected chi connectivity index (χ3v) is 4.69. The van der Waals surface area contributed by atoms with Gasteiger partial charge in [-0.15, -0.1) is 0 Å². The first-order valence-electron chi connectivity index (χ1n) is 9.29. The Balaban J connectivity index is 1.76. The molecule has 0 N–H and O–H groups in total. The van der Waals surface area contributed by atoms with Gasteiger partial charge >= 0.3 is 0 Å². The number of carbonyl (C=O) groups is 1. The number of amides is 1. The van der Waals surface area contributed by atoms with Gasteiger partial charge in [0.15, 0.2) is 0 Å². The minimum Gasteiger partial charge on any atom is -0.337 e. The van der Waals surface area contributed by atoms with E-state index in [0.29, 0.717) is 17.3 Å². The number of carbonyl (C=O) groups excluding carboxylic acids is 1. The molecule has 1 heterocycles. The molecule has 0 fully saturated rings. The molecule has 3 rings (SSSR count). The lowest BCUT2D eigenvalue weighted by Gasteiger charge is -2.28. The average molecular weight is 394 g/mol. The average Bonchev–Trinajstić information content (AvgIpc) is 3.20. The molecule has 8 heteroatoms. The van der Waals surface area contributed by atoms with Gasteiger partial charge in [0.05, 0.1) is 10.8 Å². The predicted octanol–water partition coefficient (Wildman–Crippen LogP) is 4.19. The summed E-state index contributed by atoms with van der Waals surface area (Å²) in [6, 6.07) is 15.4. The fraction of sp³-hybridized carbons (Fsp3) is 0.286. The molecule has 150 valence electrons. The van der Waals surface area contributed by atoms with E-state index in [0.717, 1.165) is 5.56 Å². The summed E-state index contributed by atoms with van der Waals surface area (Å²) in [7, 11) is 0. The Labute approximate surface area is 168 Å². The first kappa shape index (κ1) is 20.2. The monoisotopic (exact) mass is 394 g/mol. The van der Waals surface area contributed by atoms with Crippen LogP contribution in [0.2, 0.25) is 0 Å². The van der Waals surface area contributed by atoms with Crippen LogP contribution < -0.4 is 0 Å². The zero-order valence-electron chi connectivity index (χ0n) is 16.5. The molecule has 2 aromatic carbocycles. The van der Waals surface area contributed by atoms with Crippen LogP contribution in [0.3, 0.4) is 0 Å². The smallest absolute Gasteiger partial charge is 0.269 e. The molecule has 0 saturated heterocycles. The van der Waals surface area contributed by atoms with E-state index >= 15 is 0 Å². The summed E-state index contributed by atoms with van der Waals surface area (Å²) in [5.74, 6) is 0.241. The second kappa shape index (κ2) is 8.64. The minimum absolute atomic E-state index is 0.00610. The van der Waals surface area contributed by atoms with Gasteiger partial charge in [-0.3, -0.25) is 14.9 Å². The maximum Gasteiger partial charge on any atom is 0.269 e. The van der Waals surface area contributed by atoms with Crippen LogP contribution in [0, 0.1) is 10.1 Å². The van der Waals surface area contributed by atoms with E-state index in [4.69, 9.17) is 4.52 Å². The second-order valence-corrected chi connectivity index (χ2v) is 7.01. The topological polar surface area (TPSA) is 102 Å². The quantitative estimate of drug-likeness (QED) is 0.440. The molecule has 8 nitrogen and oxygen atoms in total. The lowest BCUT2D eigenvalue weighted by atomic mass is 9.98. The van der Waals surface area contributed by atoms with E-state index in [-0.39, 0.29) is 24.2 Å². The lowest BCUT2D eigenvalue weighted by molar-refractivity contribution is -0.384. The van der Waals surface area contributed by atoms with Crippen molar-refractivity contribution in [3.63, 3.8) is 0 Å². The molecule has 0 aliphatic carbocycles. The number of hydrogen-bond donors (Lipinski definition) is 0. The SMILES string of the molecule is CC(C)N(Cc1nc(-c2ccccc2)no1)C(=O)[C@H](C)c1ccc([N+](=O)[O-])cc1. The summed E-state index contributed by atoms with van der Waals surface area (Å²) >= 11 is 0. The molecule has 3 aromatic rings. The zero-order chi connectivity index (χ0) is 21.0. The molecule has 1 aromatic heterocycles. The molecule has 0 saturated carbocycles. The van der Waals surface area contributed by atoms with Crippen LogP contribution in [0.4, 0.5) is 5.69 Å². The molecular weight excluding hydrogens is 372 g/mol. The molecular formula is C21H22N4O4. The number of hydrogen-bond acceptors (Lipinski definition) is 6. The van der Waals surface area contributed by atoms with Gasteiger partial charge in [-0.25, -0.2) is 0 Å². The highest BCUT2D eigenvalue weighted by Gasteiger charge is 2.26. The summed E-state index contributed by atoms with van der Waals surface area (Å²) in [4.78, 5) is 29.5.